The molecule has 0 aliphatic rings. The number of nitrogens with one attached hydrogen (secondary N) is 1. The van der Waals surface area contributed by atoms with Crippen molar-refractivity contribution in [3.63, 3.8) is 0 Å². The predicted molar refractivity (Wildman–Crippen MR) is 143 cm³/mol. The number of benzene rings is 3. The molecule has 184 valence electrons. The molecule has 6 nitrogen and oxygen atoms in total. The minimum Gasteiger partial charge on any atom is -0.496 e. The summed E-state index contributed by atoms with van der Waals surface area (Å²) in [7, 11) is 1.64. The van der Waals surface area contributed by atoms with Gasteiger partial charge in [0.25, 0.3) is 0 Å². The Balaban J connectivity index is 1.75. The maximum atomic E-state index is 12.8. The second-order valence-corrected chi connectivity index (χ2v) is 8.49. The molecule has 0 radical (unpaired) electrons. The van der Waals surface area contributed by atoms with Crippen molar-refractivity contribution in [1.82, 2.24) is 0 Å². The van der Waals surface area contributed by atoms with E-state index in [1.807, 2.05) is 51.1 Å². The number of hydrogen-bond donors (Lipinski definition) is 1. The molecule has 0 saturated heterocycles. The first-order valence-electron chi connectivity index (χ1n) is 11.8. The number of allylic oxidation sites excluding steroid dienone is 1. The summed E-state index contributed by atoms with van der Waals surface area (Å²) < 4.78 is 17.6. The summed E-state index contributed by atoms with van der Waals surface area (Å²) in [5.74, 6) is 1.12. The van der Waals surface area contributed by atoms with Gasteiger partial charge in [-0.3, -0.25) is 9.59 Å². The Kier molecular flexibility index (Phi) is 7.25. The number of Topliss-reactive ketones (excluding diaryl/α,β-unsaturated/α-hetero) is 1. The Morgan fingerprint density at radius 2 is 1.75 bits per heavy atom. The van der Waals surface area contributed by atoms with Crippen molar-refractivity contribution < 1.29 is 23.5 Å². The van der Waals surface area contributed by atoms with Gasteiger partial charge in [-0.15, -0.1) is 0 Å². The number of furan rings is 1. The van der Waals surface area contributed by atoms with E-state index in [-0.39, 0.29) is 11.7 Å². The number of ether oxygens (including phenoxy) is 2. The van der Waals surface area contributed by atoms with Crippen molar-refractivity contribution in [2.75, 3.05) is 19.0 Å². The van der Waals surface area contributed by atoms with Gasteiger partial charge in [0.2, 0.25) is 5.91 Å². The third-order valence-corrected chi connectivity index (χ3v) is 6.06. The first kappa shape index (κ1) is 24.8. The van der Waals surface area contributed by atoms with Crippen LogP contribution in [0.25, 0.3) is 27.7 Å². The zero-order valence-electron chi connectivity index (χ0n) is 21.1. The number of ketones is 1. The fourth-order valence-corrected chi connectivity index (χ4v) is 4.26. The fourth-order valence-electron chi connectivity index (χ4n) is 4.26. The summed E-state index contributed by atoms with van der Waals surface area (Å²) in [5, 5.41) is 3.76. The summed E-state index contributed by atoms with van der Waals surface area (Å²) in [6.07, 6.45) is 3.27. The smallest absolute Gasteiger partial charge is 0.248 e. The topological polar surface area (TPSA) is 77.8 Å². The number of hydrogen-bond acceptors (Lipinski definition) is 5. The number of carbonyl (C=O) groups is 2. The lowest BCUT2D eigenvalue weighted by atomic mass is 9.96. The van der Waals surface area contributed by atoms with E-state index in [1.54, 1.807) is 43.7 Å². The minimum atomic E-state index is -0.277. The van der Waals surface area contributed by atoms with E-state index < -0.39 is 0 Å². The molecule has 4 aromatic rings. The van der Waals surface area contributed by atoms with Crippen LogP contribution < -0.4 is 14.8 Å². The standard InChI is InChI=1S/C30H29NO5/c1-6-35-29-19(3)30-25(26(17-36-30)23-9-7-8-10-27(23)34-5)16-24(29)18(2)15-28(33)31-22-13-11-21(12-14-22)20(4)32/h7-17H,6H2,1-5H3,(H,31,33)/b18-15+. The fraction of sp³-hybridized carbons (Fsp3) is 0.200. The van der Waals surface area contributed by atoms with E-state index >= 15 is 0 Å². The van der Waals surface area contributed by atoms with E-state index in [9.17, 15) is 9.59 Å². The van der Waals surface area contributed by atoms with Crippen LogP contribution in [0.5, 0.6) is 11.5 Å². The van der Waals surface area contributed by atoms with Gasteiger partial charge in [0.1, 0.15) is 17.1 Å². The zero-order chi connectivity index (χ0) is 25.8. The van der Waals surface area contributed by atoms with Crippen molar-refractivity contribution >= 4 is 33.9 Å². The van der Waals surface area contributed by atoms with Gasteiger partial charge in [0.15, 0.2) is 5.78 Å². The van der Waals surface area contributed by atoms with Crippen LogP contribution in [-0.4, -0.2) is 25.4 Å². The number of aryl methyl sites for hydroxylation is 1. The average molecular weight is 484 g/mol. The van der Waals surface area contributed by atoms with Gasteiger partial charge in [0, 0.05) is 45.0 Å². The first-order chi connectivity index (χ1) is 17.3. The van der Waals surface area contributed by atoms with Gasteiger partial charge < -0.3 is 19.2 Å². The number of carbonyl (C=O) groups excluding carboxylic acids is 2. The number of rotatable bonds is 8. The maximum absolute atomic E-state index is 12.8. The molecule has 0 aliphatic carbocycles. The molecule has 0 unspecified atom stereocenters. The summed E-state index contributed by atoms with van der Waals surface area (Å²) in [6.45, 7) is 7.74. The van der Waals surface area contributed by atoms with E-state index in [4.69, 9.17) is 13.9 Å². The summed E-state index contributed by atoms with van der Waals surface area (Å²) in [6, 6.07) is 16.6. The van der Waals surface area contributed by atoms with Gasteiger partial charge in [-0.25, -0.2) is 0 Å². The maximum Gasteiger partial charge on any atom is 0.248 e. The Labute approximate surface area is 210 Å². The number of methoxy groups -OCH3 is 1. The molecule has 0 aliphatic heterocycles. The van der Waals surface area contributed by atoms with E-state index in [2.05, 4.69) is 5.32 Å². The summed E-state index contributed by atoms with van der Waals surface area (Å²) in [5.41, 5.74) is 6.16. The van der Waals surface area contributed by atoms with Crippen LogP contribution in [-0.2, 0) is 4.79 Å². The SMILES string of the molecule is CCOc1c(/C(C)=C/C(=O)Nc2ccc(C(C)=O)cc2)cc2c(-c3ccccc3OC)coc2c1C. The van der Waals surface area contributed by atoms with Crippen LogP contribution in [0, 0.1) is 6.92 Å². The summed E-state index contributed by atoms with van der Waals surface area (Å²) >= 11 is 0. The Hall–Kier alpha value is -4.32. The van der Waals surface area contributed by atoms with Crippen molar-refractivity contribution in [1.29, 1.82) is 0 Å². The normalized spacial score (nSPS) is 11.4. The molecule has 1 N–H and O–H groups in total. The Morgan fingerprint density at radius 1 is 1.03 bits per heavy atom. The number of fused-ring (bicyclic) bond motifs is 1. The van der Waals surface area contributed by atoms with Gasteiger partial charge in [-0.2, -0.15) is 0 Å². The van der Waals surface area contributed by atoms with E-state index in [0.29, 0.717) is 23.6 Å². The average Bonchev–Trinajstić information content (AvgIpc) is 3.30. The molecular weight excluding hydrogens is 454 g/mol. The molecule has 0 spiro atoms. The van der Waals surface area contributed by atoms with Crippen molar-refractivity contribution in [3.05, 3.63) is 83.6 Å². The second kappa shape index (κ2) is 10.5. The lowest BCUT2D eigenvalue weighted by Gasteiger charge is -2.15. The van der Waals surface area contributed by atoms with Crippen molar-refractivity contribution in [2.45, 2.75) is 27.7 Å². The molecule has 3 aromatic carbocycles. The molecule has 1 amide bonds. The lowest BCUT2D eigenvalue weighted by molar-refractivity contribution is -0.111. The highest BCUT2D eigenvalue weighted by Crippen LogP contribution is 2.42. The molecule has 36 heavy (non-hydrogen) atoms. The minimum absolute atomic E-state index is 0.0235. The third-order valence-electron chi connectivity index (χ3n) is 6.06. The number of para-hydroxylation sites is 1. The zero-order valence-corrected chi connectivity index (χ0v) is 21.1. The quantitative estimate of drug-likeness (QED) is 0.214. The van der Waals surface area contributed by atoms with Crippen LogP contribution in [0.3, 0.4) is 0 Å². The van der Waals surface area contributed by atoms with Crippen LogP contribution in [0.4, 0.5) is 5.69 Å². The summed E-state index contributed by atoms with van der Waals surface area (Å²) in [4.78, 5) is 24.3. The van der Waals surface area contributed by atoms with Crippen molar-refractivity contribution in [2.24, 2.45) is 0 Å². The highest BCUT2D eigenvalue weighted by molar-refractivity contribution is 6.06. The largest absolute Gasteiger partial charge is 0.496 e. The van der Waals surface area contributed by atoms with Crippen LogP contribution in [0.2, 0.25) is 0 Å². The Morgan fingerprint density at radius 3 is 2.42 bits per heavy atom. The molecule has 4 rings (SSSR count). The van der Waals surface area contributed by atoms with Crippen molar-refractivity contribution in [3.8, 4) is 22.6 Å². The van der Waals surface area contributed by atoms with Crippen LogP contribution in [0.1, 0.15) is 42.3 Å². The van der Waals surface area contributed by atoms with E-state index in [0.717, 1.165) is 44.5 Å². The van der Waals surface area contributed by atoms with Gasteiger partial charge >= 0.3 is 0 Å². The molecule has 0 saturated carbocycles. The van der Waals surface area contributed by atoms with Crippen LogP contribution >= 0.6 is 0 Å². The number of anilines is 1. The third kappa shape index (κ3) is 4.89. The lowest BCUT2D eigenvalue weighted by Crippen LogP contribution is -2.09. The first-order valence-corrected chi connectivity index (χ1v) is 11.8. The van der Waals surface area contributed by atoms with Gasteiger partial charge in [-0.1, -0.05) is 18.2 Å². The molecule has 0 fully saturated rings. The van der Waals surface area contributed by atoms with E-state index in [1.165, 1.54) is 6.92 Å². The molecule has 6 heteroatoms. The molecule has 0 bridgehead atoms. The highest BCUT2D eigenvalue weighted by atomic mass is 16.5. The van der Waals surface area contributed by atoms with Gasteiger partial charge in [0.05, 0.1) is 20.0 Å². The highest BCUT2D eigenvalue weighted by Gasteiger charge is 2.20. The second-order valence-electron chi connectivity index (χ2n) is 8.49. The monoisotopic (exact) mass is 483 g/mol. The van der Waals surface area contributed by atoms with Crippen LogP contribution in [0.15, 0.2) is 71.4 Å². The molecule has 0 atom stereocenters. The molecule has 1 aromatic heterocycles. The number of amides is 1. The molecule has 1 heterocycles. The predicted octanol–water partition coefficient (Wildman–Crippen LogP) is 7.06. The van der Waals surface area contributed by atoms with Gasteiger partial charge in [-0.05, 0) is 69.7 Å². The molecular formula is C30H29NO5. The Bertz CT molecular complexity index is 1460.